The Morgan fingerprint density at radius 2 is 2.33 bits per heavy atom. The second kappa shape index (κ2) is 4.44. The number of methoxy groups -OCH3 is 1. The smallest absolute Gasteiger partial charge is 0.0952 e. The maximum Gasteiger partial charge on any atom is 0.0952 e. The van der Waals surface area contributed by atoms with E-state index in [0.717, 1.165) is 13.2 Å². The van der Waals surface area contributed by atoms with Crippen molar-refractivity contribution in [2.75, 3.05) is 20.3 Å². The summed E-state index contributed by atoms with van der Waals surface area (Å²) in [6, 6.07) is 2.95. The molecule has 1 aliphatic rings. The van der Waals surface area contributed by atoms with Gasteiger partial charge in [0.2, 0.25) is 0 Å². The first kappa shape index (κ1) is 9.50. The molecule has 0 aliphatic heterocycles. The Labute approximate surface area is 73.9 Å². The molecule has 0 spiro atoms. The SMILES string of the molecule is COCCN(C(C)C#N)C1CC1. The highest BCUT2D eigenvalue weighted by atomic mass is 16.5. The van der Waals surface area contributed by atoms with E-state index in [2.05, 4.69) is 11.0 Å². The average molecular weight is 168 g/mol. The van der Waals surface area contributed by atoms with Crippen molar-refractivity contribution in [2.45, 2.75) is 31.8 Å². The van der Waals surface area contributed by atoms with Gasteiger partial charge in [-0.15, -0.1) is 0 Å². The molecule has 0 aromatic rings. The summed E-state index contributed by atoms with van der Waals surface area (Å²) in [5.74, 6) is 0. The summed E-state index contributed by atoms with van der Waals surface area (Å²) in [6.45, 7) is 3.56. The van der Waals surface area contributed by atoms with E-state index in [4.69, 9.17) is 10.00 Å². The van der Waals surface area contributed by atoms with Gasteiger partial charge in [-0.25, -0.2) is 0 Å². The topological polar surface area (TPSA) is 36.3 Å². The monoisotopic (exact) mass is 168 g/mol. The zero-order valence-corrected chi connectivity index (χ0v) is 7.79. The molecule has 3 heteroatoms. The maximum atomic E-state index is 8.75. The minimum absolute atomic E-state index is 0.0349. The zero-order valence-electron chi connectivity index (χ0n) is 7.79. The Balaban J connectivity index is 2.33. The van der Waals surface area contributed by atoms with Crippen molar-refractivity contribution in [3.05, 3.63) is 0 Å². The Hall–Kier alpha value is -0.590. The van der Waals surface area contributed by atoms with E-state index in [1.54, 1.807) is 7.11 Å². The Bertz CT molecular complexity index is 172. The van der Waals surface area contributed by atoms with Crippen LogP contribution in [0.2, 0.25) is 0 Å². The van der Waals surface area contributed by atoms with Crippen LogP contribution >= 0.6 is 0 Å². The molecule has 0 amide bonds. The van der Waals surface area contributed by atoms with Gasteiger partial charge in [0.15, 0.2) is 0 Å². The summed E-state index contributed by atoms with van der Waals surface area (Å²) in [6.07, 6.45) is 2.49. The van der Waals surface area contributed by atoms with E-state index in [1.807, 2.05) is 6.92 Å². The largest absolute Gasteiger partial charge is 0.383 e. The van der Waals surface area contributed by atoms with Gasteiger partial charge in [0.25, 0.3) is 0 Å². The highest BCUT2D eigenvalue weighted by Gasteiger charge is 2.31. The van der Waals surface area contributed by atoms with Gasteiger partial charge < -0.3 is 4.74 Å². The van der Waals surface area contributed by atoms with Gasteiger partial charge >= 0.3 is 0 Å². The summed E-state index contributed by atoms with van der Waals surface area (Å²) in [7, 11) is 1.70. The Morgan fingerprint density at radius 3 is 2.75 bits per heavy atom. The molecule has 0 saturated heterocycles. The summed E-state index contributed by atoms with van der Waals surface area (Å²) in [5.41, 5.74) is 0. The first-order valence-electron chi connectivity index (χ1n) is 4.44. The number of hydrogen-bond donors (Lipinski definition) is 0. The fraction of sp³-hybridized carbons (Fsp3) is 0.889. The van der Waals surface area contributed by atoms with Crippen molar-refractivity contribution in [1.82, 2.24) is 4.90 Å². The van der Waals surface area contributed by atoms with Gasteiger partial charge in [0.1, 0.15) is 0 Å². The van der Waals surface area contributed by atoms with Crippen LogP contribution in [-0.2, 0) is 4.74 Å². The van der Waals surface area contributed by atoms with Crippen molar-refractivity contribution >= 4 is 0 Å². The molecule has 3 nitrogen and oxygen atoms in total. The van der Waals surface area contributed by atoms with Gasteiger partial charge in [0.05, 0.1) is 18.7 Å². The van der Waals surface area contributed by atoms with Crippen LogP contribution in [0, 0.1) is 11.3 Å². The van der Waals surface area contributed by atoms with Gasteiger partial charge in [-0.1, -0.05) is 0 Å². The molecule has 12 heavy (non-hydrogen) atoms. The number of rotatable bonds is 5. The van der Waals surface area contributed by atoms with E-state index in [1.165, 1.54) is 12.8 Å². The lowest BCUT2D eigenvalue weighted by atomic mass is 10.3. The van der Waals surface area contributed by atoms with Crippen molar-refractivity contribution in [2.24, 2.45) is 0 Å². The van der Waals surface area contributed by atoms with Crippen molar-refractivity contribution in [1.29, 1.82) is 5.26 Å². The lowest BCUT2D eigenvalue weighted by molar-refractivity contribution is 0.133. The molecule has 0 N–H and O–H groups in total. The minimum atomic E-state index is 0.0349. The van der Waals surface area contributed by atoms with Crippen LogP contribution in [0.15, 0.2) is 0 Å². The second-order valence-electron chi connectivity index (χ2n) is 3.27. The fourth-order valence-electron chi connectivity index (χ4n) is 1.37. The Morgan fingerprint density at radius 1 is 1.67 bits per heavy atom. The van der Waals surface area contributed by atoms with Gasteiger partial charge in [0, 0.05) is 19.7 Å². The van der Waals surface area contributed by atoms with E-state index in [9.17, 15) is 0 Å². The lowest BCUT2D eigenvalue weighted by Gasteiger charge is -2.23. The third-order valence-electron chi connectivity index (χ3n) is 2.25. The fourth-order valence-corrected chi connectivity index (χ4v) is 1.37. The molecule has 0 aromatic carbocycles. The molecule has 1 saturated carbocycles. The Kier molecular flexibility index (Phi) is 3.51. The maximum absolute atomic E-state index is 8.75. The molecule has 0 radical (unpaired) electrons. The molecule has 0 aromatic heterocycles. The molecule has 68 valence electrons. The summed E-state index contributed by atoms with van der Waals surface area (Å²) >= 11 is 0. The molecular formula is C9H16N2O. The quantitative estimate of drug-likeness (QED) is 0.614. The van der Waals surface area contributed by atoms with E-state index in [0.29, 0.717) is 6.04 Å². The van der Waals surface area contributed by atoms with Gasteiger partial charge in [-0.05, 0) is 19.8 Å². The zero-order chi connectivity index (χ0) is 8.97. The number of ether oxygens (including phenoxy) is 1. The molecule has 0 heterocycles. The third kappa shape index (κ3) is 2.47. The first-order valence-corrected chi connectivity index (χ1v) is 4.44. The number of nitriles is 1. The summed E-state index contributed by atoms with van der Waals surface area (Å²) in [4.78, 5) is 2.23. The first-order chi connectivity index (χ1) is 5.79. The minimum Gasteiger partial charge on any atom is -0.383 e. The van der Waals surface area contributed by atoms with Gasteiger partial charge in [-0.3, -0.25) is 4.90 Å². The number of hydrogen-bond acceptors (Lipinski definition) is 3. The van der Waals surface area contributed by atoms with Crippen molar-refractivity contribution in [3.8, 4) is 6.07 Å². The lowest BCUT2D eigenvalue weighted by Crippen LogP contribution is -2.36. The molecule has 0 bridgehead atoms. The number of nitrogens with zero attached hydrogens (tertiary/aromatic N) is 2. The van der Waals surface area contributed by atoms with Crippen LogP contribution < -0.4 is 0 Å². The van der Waals surface area contributed by atoms with Gasteiger partial charge in [-0.2, -0.15) is 5.26 Å². The van der Waals surface area contributed by atoms with Crippen molar-refractivity contribution in [3.63, 3.8) is 0 Å². The molecule has 1 fully saturated rings. The second-order valence-corrected chi connectivity index (χ2v) is 3.27. The van der Waals surface area contributed by atoms with Crippen LogP contribution in [0.25, 0.3) is 0 Å². The predicted molar refractivity (Wildman–Crippen MR) is 46.7 cm³/mol. The average Bonchev–Trinajstić information content (AvgIpc) is 2.88. The molecule has 1 unspecified atom stereocenters. The normalized spacial score (nSPS) is 19.2. The molecular weight excluding hydrogens is 152 g/mol. The summed E-state index contributed by atoms with van der Waals surface area (Å²) in [5, 5.41) is 8.75. The van der Waals surface area contributed by atoms with E-state index >= 15 is 0 Å². The van der Waals surface area contributed by atoms with Crippen LogP contribution in [0.5, 0.6) is 0 Å². The molecule has 1 atom stereocenters. The third-order valence-corrected chi connectivity index (χ3v) is 2.25. The van der Waals surface area contributed by atoms with Crippen molar-refractivity contribution < 1.29 is 4.74 Å². The predicted octanol–water partition coefficient (Wildman–Crippen LogP) is 1.01. The highest BCUT2D eigenvalue weighted by molar-refractivity contribution is 4.95. The van der Waals surface area contributed by atoms with Crippen LogP contribution in [0.4, 0.5) is 0 Å². The standard InChI is InChI=1S/C9H16N2O/c1-8(7-10)11(5-6-12-2)9-3-4-9/h8-9H,3-6H2,1-2H3. The summed E-state index contributed by atoms with van der Waals surface area (Å²) < 4.78 is 4.99. The van der Waals surface area contributed by atoms with Crippen LogP contribution in [0.1, 0.15) is 19.8 Å². The highest BCUT2D eigenvalue weighted by Crippen LogP contribution is 2.27. The van der Waals surface area contributed by atoms with E-state index in [-0.39, 0.29) is 6.04 Å². The van der Waals surface area contributed by atoms with Crippen LogP contribution in [0.3, 0.4) is 0 Å². The molecule has 1 rings (SSSR count). The van der Waals surface area contributed by atoms with Crippen LogP contribution in [-0.4, -0.2) is 37.2 Å². The molecule has 1 aliphatic carbocycles. The van der Waals surface area contributed by atoms with E-state index < -0.39 is 0 Å².